The molecule has 0 aromatic carbocycles. The van der Waals surface area contributed by atoms with Gasteiger partial charge in [-0.1, -0.05) is 19.3 Å². The van der Waals surface area contributed by atoms with E-state index in [4.69, 9.17) is 4.74 Å². The number of carboxylic acids is 1. The Hall–Kier alpha value is -1.30. The van der Waals surface area contributed by atoms with Gasteiger partial charge in [0.15, 0.2) is 0 Å². The number of likely N-dealkylation sites (N-methyl/N-ethyl adjacent to an activating group) is 1. The number of aliphatic carboxylic acids is 1. The van der Waals surface area contributed by atoms with E-state index in [-0.39, 0.29) is 24.2 Å². The van der Waals surface area contributed by atoms with Gasteiger partial charge in [0.05, 0.1) is 18.1 Å². The van der Waals surface area contributed by atoms with Gasteiger partial charge in [-0.25, -0.2) is 4.79 Å². The number of rotatable bonds is 3. The average Bonchev–Trinajstić information content (AvgIpc) is 2.72. The molecule has 120 valence electrons. The molecule has 1 saturated heterocycles. The molecule has 2 N–H and O–H groups in total. The zero-order valence-electron chi connectivity index (χ0n) is 12.9. The van der Waals surface area contributed by atoms with Crippen molar-refractivity contribution in [3.05, 3.63) is 0 Å². The maximum absolute atomic E-state index is 12.4. The molecule has 0 radical (unpaired) electrons. The summed E-state index contributed by atoms with van der Waals surface area (Å²) in [5.74, 6) is -1.27. The van der Waals surface area contributed by atoms with E-state index in [9.17, 15) is 14.7 Å². The van der Waals surface area contributed by atoms with Crippen molar-refractivity contribution in [3.63, 3.8) is 0 Å². The summed E-state index contributed by atoms with van der Waals surface area (Å²) in [4.78, 5) is 25.5. The van der Waals surface area contributed by atoms with Gasteiger partial charge in [-0.05, 0) is 26.2 Å². The van der Waals surface area contributed by atoms with Crippen LogP contribution in [0.4, 0.5) is 4.79 Å². The molecule has 2 amide bonds. The van der Waals surface area contributed by atoms with Crippen LogP contribution in [0.15, 0.2) is 0 Å². The van der Waals surface area contributed by atoms with Crippen LogP contribution in [0.1, 0.15) is 45.4 Å². The van der Waals surface area contributed by atoms with Gasteiger partial charge in [-0.3, -0.25) is 4.79 Å². The molecule has 6 nitrogen and oxygen atoms in total. The van der Waals surface area contributed by atoms with Crippen LogP contribution in [0, 0.1) is 5.92 Å². The number of carboxylic acid groups (broad SMARTS) is 1. The molecule has 1 aliphatic heterocycles. The van der Waals surface area contributed by atoms with Crippen molar-refractivity contribution in [1.82, 2.24) is 10.2 Å². The fraction of sp³-hybridized carbons (Fsp3) is 0.867. The molecule has 4 atom stereocenters. The van der Waals surface area contributed by atoms with Crippen molar-refractivity contribution in [2.75, 3.05) is 13.7 Å². The molecule has 0 bridgehead atoms. The largest absolute Gasteiger partial charge is 0.481 e. The maximum atomic E-state index is 12.4. The molecular formula is C15H26N2O4. The molecule has 1 heterocycles. The van der Waals surface area contributed by atoms with E-state index in [0.29, 0.717) is 13.0 Å². The van der Waals surface area contributed by atoms with E-state index < -0.39 is 11.9 Å². The summed E-state index contributed by atoms with van der Waals surface area (Å²) in [7, 11) is 1.76. The minimum Gasteiger partial charge on any atom is -0.481 e. The lowest BCUT2D eigenvalue weighted by Crippen LogP contribution is -2.51. The summed E-state index contributed by atoms with van der Waals surface area (Å²) in [6.07, 6.45) is 5.19. The minimum absolute atomic E-state index is 0.0326. The fourth-order valence-electron chi connectivity index (χ4n) is 3.42. The van der Waals surface area contributed by atoms with Crippen molar-refractivity contribution in [2.45, 2.75) is 63.6 Å². The Labute approximate surface area is 125 Å². The van der Waals surface area contributed by atoms with Gasteiger partial charge in [0.2, 0.25) is 0 Å². The standard InChI is InChI=1S/C15H26N2O4/c1-10-13(8-9-21-10)17(2)15(20)16-12-7-5-3-4-6-11(12)14(18)19/h10-13H,3-9H2,1-2H3,(H,16,20)(H,18,19). The van der Waals surface area contributed by atoms with Crippen LogP contribution in [-0.2, 0) is 9.53 Å². The van der Waals surface area contributed by atoms with Crippen molar-refractivity contribution in [1.29, 1.82) is 0 Å². The molecule has 0 aromatic heterocycles. The van der Waals surface area contributed by atoms with Crippen molar-refractivity contribution in [2.24, 2.45) is 5.92 Å². The van der Waals surface area contributed by atoms with Crippen molar-refractivity contribution >= 4 is 12.0 Å². The van der Waals surface area contributed by atoms with E-state index in [2.05, 4.69) is 5.32 Å². The number of ether oxygens (including phenoxy) is 1. The number of nitrogens with zero attached hydrogens (tertiary/aromatic N) is 1. The number of hydrogen-bond donors (Lipinski definition) is 2. The van der Waals surface area contributed by atoms with E-state index >= 15 is 0 Å². The van der Waals surface area contributed by atoms with E-state index in [1.807, 2.05) is 6.92 Å². The lowest BCUT2D eigenvalue weighted by Gasteiger charge is -2.30. The molecule has 21 heavy (non-hydrogen) atoms. The van der Waals surface area contributed by atoms with Gasteiger partial charge in [0.25, 0.3) is 0 Å². The Kier molecular flexibility index (Phi) is 5.45. The molecule has 2 aliphatic rings. The number of urea groups is 1. The van der Waals surface area contributed by atoms with E-state index in [1.165, 1.54) is 0 Å². The Bertz CT molecular complexity index is 388. The first kappa shape index (κ1) is 16.1. The van der Waals surface area contributed by atoms with Gasteiger partial charge in [-0.15, -0.1) is 0 Å². The van der Waals surface area contributed by atoms with Crippen molar-refractivity contribution < 1.29 is 19.4 Å². The second-order valence-electron chi connectivity index (χ2n) is 6.18. The molecule has 2 fully saturated rings. The van der Waals surface area contributed by atoms with Crippen LogP contribution < -0.4 is 5.32 Å². The average molecular weight is 298 g/mol. The Morgan fingerprint density at radius 2 is 1.90 bits per heavy atom. The van der Waals surface area contributed by atoms with E-state index in [1.54, 1.807) is 11.9 Å². The van der Waals surface area contributed by atoms with Gasteiger partial charge in [0.1, 0.15) is 0 Å². The van der Waals surface area contributed by atoms with E-state index in [0.717, 1.165) is 32.1 Å². The quantitative estimate of drug-likeness (QED) is 0.779. The molecule has 0 aromatic rings. The lowest BCUT2D eigenvalue weighted by molar-refractivity contribution is -0.142. The Morgan fingerprint density at radius 1 is 1.19 bits per heavy atom. The molecule has 6 heteroatoms. The second-order valence-corrected chi connectivity index (χ2v) is 6.18. The molecule has 2 rings (SSSR count). The SMILES string of the molecule is CC1OCCC1N(C)C(=O)NC1CCCCCC1C(=O)O. The van der Waals surface area contributed by atoms with Crippen molar-refractivity contribution in [3.8, 4) is 0 Å². The van der Waals surface area contributed by atoms with Gasteiger partial charge < -0.3 is 20.1 Å². The summed E-state index contributed by atoms with van der Waals surface area (Å²) < 4.78 is 5.49. The first-order valence-electron chi connectivity index (χ1n) is 7.88. The highest BCUT2D eigenvalue weighted by Gasteiger charge is 2.34. The number of carbonyl (C=O) groups is 2. The van der Waals surface area contributed by atoms with Gasteiger partial charge in [0, 0.05) is 19.7 Å². The summed E-state index contributed by atoms with van der Waals surface area (Å²) >= 11 is 0. The Balaban J connectivity index is 1.97. The molecule has 1 saturated carbocycles. The minimum atomic E-state index is -0.803. The molecular weight excluding hydrogens is 272 g/mol. The molecule has 4 unspecified atom stereocenters. The van der Waals surface area contributed by atoms with Crippen LogP contribution in [-0.4, -0.2) is 53.8 Å². The highest BCUT2D eigenvalue weighted by Crippen LogP contribution is 2.25. The monoisotopic (exact) mass is 298 g/mol. The van der Waals surface area contributed by atoms with Crippen LogP contribution in [0.5, 0.6) is 0 Å². The third-order valence-corrected chi connectivity index (χ3v) is 4.80. The summed E-state index contributed by atoms with van der Waals surface area (Å²) in [6, 6.07) is -0.382. The Morgan fingerprint density at radius 3 is 2.52 bits per heavy atom. The lowest BCUT2D eigenvalue weighted by atomic mass is 9.95. The first-order valence-corrected chi connectivity index (χ1v) is 7.88. The van der Waals surface area contributed by atoms with Gasteiger partial charge >= 0.3 is 12.0 Å². The number of nitrogens with one attached hydrogen (secondary N) is 1. The van der Waals surface area contributed by atoms with Crippen LogP contribution in [0.2, 0.25) is 0 Å². The molecule has 1 aliphatic carbocycles. The predicted octanol–water partition coefficient (Wildman–Crippen LogP) is 1.84. The third-order valence-electron chi connectivity index (χ3n) is 4.80. The third kappa shape index (κ3) is 3.87. The number of amides is 2. The smallest absolute Gasteiger partial charge is 0.317 e. The fourth-order valence-corrected chi connectivity index (χ4v) is 3.42. The van der Waals surface area contributed by atoms with Gasteiger partial charge in [-0.2, -0.15) is 0 Å². The highest BCUT2D eigenvalue weighted by molar-refractivity contribution is 5.77. The second kappa shape index (κ2) is 7.11. The van der Waals surface area contributed by atoms with Crippen LogP contribution >= 0.6 is 0 Å². The summed E-state index contributed by atoms with van der Waals surface area (Å²) in [6.45, 7) is 2.64. The number of carbonyl (C=O) groups excluding carboxylic acids is 1. The predicted molar refractivity (Wildman–Crippen MR) is 78.1 cm³/mol. The zero-order valence-corrected chi connectivity index (χ0v) is 12.9. The summed E-state index contributed by atoms with van der Waals surface area (Å²) in [5.41, 5.74) is 0. The first-order chi connectivity index (χ1) is 10.0. The van der Waals surface area contributed by atoms with Crippen LogP contribution in [0.25, 0.3) is 0 Å². The highest BCUT2D eigenvalue weighted by atomic mass is 16.5. The molecule has 0 spiro atoms. The zero-order chi connectivity index (χ0) is 15.4. The maximum Gasteiger partial charge on any atom is 0.317 e. The summed E-state index contributed by atoms with van der Waals surface area (Å²) in [5, 5.41) is 12.3. The number of hydrogen-bond acceptors (Lipinski definition) is 3. The topological polar surface area (TPSA) is 78.9 Å². The van der Waals surface area contributed by atoms with Crippen LogP contribution in [0.3, 0.4) is 0 Å². The normalized spacial score (nSPS) is 33.2.